The summed E-state index contributed by atoms with van der Waals surface area (Å²) < 4.78 is 5.57. The van der Waals surface area contributed by atoms with Gasteiger partial charge in [0, 0.05) is 24.0 Å². The highest BCUT2D eigenvalue weighted by Crippen LogP contribution is 2.34. The van der Waals surface area contributed by atoms with E-state index in [0.717, 1.165) is 11.8 Å². The number of hydrogen-bond donors (Lipinski definition) is 4. The molecule has 1 aromatic rings. The lowest BCUT2D eigenvalue weighted by Crippen LogP contribution is -2.63. The van der Waals surface area contributed by atoms with Crippen molar-refractivity contribution in [3.8, 4) is 0 Å². The average Bonchev–Trinajstić information content (AvgIpc) is 2.54. The fourth-order valence-electron chi connectivity index (χ4n) is 2.35. The fraction of sp³-hybridized carbons (Fsp3) is 0.500. The molecule has 9 nitrogen and oxygen atoms in total. The van der Waals surface area contributed by atoms with Gasteiger partial charge < -0.3 is 25.4 Å². The van der Waals surface area contributed by atoms with Crippen molar-refractivity contribution in [3.05, 3.63) is 34.4 Å². The lowest BCUT2D eigenvalue weighted by Gasteiger charge is -2.42. The van der Waals surface area contributed by atoms with E-state index >= 15 is 0 Å². The molecule has 10 heteroatoms. The van der Waals surface area contributed by atoms with Gasteiger partial charge in [0.2, 0.25) is 5.91 Å². The Labute approximate surface area is 141 Å². The van der Waals surface area contributed by atoms with Gasteiger partial charge in [-0.2, -0.15) is 0 Å². The van der Waals surface area contributed by atoms with Gasteiger partial charge in [0.25, 0.3) is 5.69 Å². The van der Waals surface area contributed by atoms with Crippen LogP contribution < -0.4 is 5.32 Å². The predicted molar refractivity (Wildman–Crippen MR) is 84.3 cm³/mol. The Morgan fingerprint density at radius 1 is 1.33 bits per heavy atom. The zero-order chi connectivity index (χ0) is 17.9. The number of amides is 1. The lowest BCUT2D eigenvalue weighted by atomic mass is 9.98. The molecular formula is C14H18N2O7S. The van der Waals surface area contributed by atoms with Crippen LogP contribution in [0.3, 0.4) is 0 Å². The first-order valence-electron chi connectivity index (χ1n) is 7.14. The summed E-state index contributed by atoms with van der Waals surface area (Å²) in [7, 11) is 0. The van der Waals surface area contributed by atoms with Crippen LogP contribution in [0.2, 0.25) is 0 Å². The molecule has 0 aromatic heterocycles. The number of carbonyl (C=O) groups is 1. The number of aliphatic hydroxyl groups is 3. The second kappa shape index (κ2) is 7.90. The number of thioether (sulfide) groups is 1. The molecule has 0 aliphatic carbocycles. The summed E-state index contributed by atoms with van der Waals surface area (Å²) in [5, 5.41) is 42.6. The number of ether oxygens (including phenoxy) is 1. The van der Waals surface area contributed by atoms with E-state index in [1.165, 1.54) is 31.2 Å². The normalized spacial score (nSPS) is 29.9. The van der Waals surface area contributed by atoms with E-state index in [1.54, 1.807) is 0 Å². The average molecular weight is 358 g/mol. The molecule has 132 valence electrons. The first-order chi connectivity index (χ1) is 11.3. The van der Waals surface area contributed by atoms with E-state index in [0.29, 0.717) is 4.90 Å². The van der Waals surface area contributed by atoms with Crippen molar-refractivity contribution in [2.24, 2.45) is 0 Å². The lowest BCUT2D eigenvalue weighted by molar-refractivity contribution is -0.384. The number of nitro benzene ring substituents is 1. The highest BCUT2D eigenvalue weighted by Gasteiger charge is 2.45. The summed E-state index contributed by atoms with van der Waals surface area (Å²) in [6, 6.07) is 4.78. The molecule has 1 aliphatic rings. The topological polar surface area (TPSA) is 142 Å². The van der Waals surface area contributed by atoms with Crippen molar-refractivity contribution in [2.45, 2.75) is 41.6 Å². The standard InChI is InChI=1S/C14H18N2O7S/c1-7(18)15-11-13(20)12(19)10(6-17)23-14(11)24-9-4-2-8(3-5-9)16(21)22/h2-5,10-14,17,19-20H,6H2,1H3,(H,15,18)/t10-,11+,12-,13+,14+/m1/s1. The zero-order valence-corrected chi connectivity index (χ0v) is 13.5. The summed E-state index contributed by atoms with van der Waals surface area (Å²) in [5.41, 5.74) is -0.850. The van der Waals surface area contributed by atoms with Crippen molar-refractivity contribution >= 4 is 23.4 Å². The zero-order valence-electron chi connectivity index (χ0n) is 12.7. The van der Waals surface area contributed by atoms with Gasteiger partial charge in [-0.3, -0.25) is 14.9 Å². The largest absolute Gasteiger partial charge is 0.394 e. The van der Waals surface area contributed by atoms with E-state index in [9.17, 15) is 30.2 Å². The Balaban J connectivity index is 2.19. The smallest absolute Gasteiger partial charge is 0.269 e. The van der Waals surface area contributed by atoms with Crippen LogP contribution in [0.1, 0.15) is 6.92 Å². The third-order valence-corrected chi connectivity index (χ3v) is 4.73. The molecule has 0 unspecified atom stereocenters. The summed E-state index contributed by atoms with van der Waals surface area (Å²) in [4.78, 5) is 22.1. The maximum Gasteiger partial charge on any atom is 0.269 e. The van der Waals surface area contributed by atoms with E-state index in [-0.39, 0.29) is 5.69 Å². The number of nitrogens with one attached hydrogen (secondary N) is 1. The van der Waals surface area contributed by atoms with Gasteiger partial charge in [0.15, 0.2) is 0 Å². The Bertz CT molecular complexity index is 597. The minimum Gasteiger partial charge on any atom is -0.394 e. The van der Waals surface area contributed by atoms with Crippen LogP contribution in [0, 0.1) is 10.1 Å². The maximum absolute atomic E-state index is 11.3. The highest BCUT2D eigenvalue weighted by molar-refractivity contribution is 7.99. The molecule has 1 heterocycles. The summed E-state index contributed by atoms with van der Waals surface area (Å²) in [6.07, 6.45) is -3.67. The minimum atomic E-state index is -1.35. The molecule has 0 radical (unpaired) electrons. The van der Waals surface area contributed by atoms with Gasteiger partial charge in [-0.15, -0.1) is 0 Å². The molecule has 4 N–H and O–H groups in total. The Morgan fingerprint density at radius 2 is 1.96 bits per heavy atom. The number of nitrogens with zero attached hydrogens (tertiary/aromatic N) is 1. The van der Waals surface area contributed by atoms with Crippen molar-refractivity contribution < 1.29 is 29.8 Å². The predicted octanol–water partition coefficient (Wildman–Crippen LogP) is -0.369. The van der Waals surface area contributed by atoms with Crippen molar-refractivity contribution in [2.75, 3.05) is 6.61 Å². The molecule has 0 bridgehead atoms. The number of carbonyl (C=O) groups excluding carboxylic acids is 1. The third-order valence-electron chi connectivity index (χ3n) is 3.55. The van der Waals surface area contributed by atoms with Gasteiger partial charge in [0.1, 0.15) is 23.7 Å². The first kappa shape index (κ1) is 18.6. The molecule has 1 aliphatic heterocycles. The summed E-state index contributed by atoms with van der Waals surface area (Å²) in [5.74, 6) is -0.411. The molecule has 1 amide bonds. The molecule has 0 saturated carbocycles. The first-order valence-corrected chi connectivity index (χ1v) is 8.02. The third kappa shape index (κ3) is 4.22. The molecule has 5 atom stereocenters. The van der Waals surface area contributed by atoms with Gasteiger partial charge >= 0.3 is 0 Å². The number of nitro groups is 1. The molecule has 0 spiro atoms. The SMILES string of the molecule is CC(=O)N[C@H]1[C@H](O)[C@H](O)[C@@H](CO)O[C@H]1Sc1ccc([N+](=O)[O-])cc1. The van der Waals surface area contributed by atoms with E-state index < -0.39 is 47.2 Å². The second-order valence-corrected chi connectivity index (χ2v) is 6.47. The minimum absolute atomic E-state index is 0.0639. The highest BCUT2D eigenvalue weighted by atomic mass is 32.2. The molecule has 1 saturated heterocycles. The van der Waals surface area contributed by atoms with Crippen LogP contribution in [0.15, 0.2) is 29.2 Å². The van der Waals surface area contributed by atoms with Crippen molar-refractivity contribution in [1.29, 1.82) is 0 Å². The van der Waals surface area contributed by atoms with Crippen LogP contribution in [-0.4, -0.2) is 62.5 Å². The number of non-ortho nitro benzene ring substituents is 1. The monoisotopic (exact) mass is 358 g/mol. The van der Waals surface area contributed by atoms with Crippen LogP contribution in [0.4, 0.5) is 5.69 Å². The van der Waals surface area contributed by atoms with Crippen molar-refractivity contribution in [1.82, 2.24) is 5.32 Å². The molecule has 1 fully saturated rings. The Kier molecular flexibility index (Phi) is 6.13. The van der Waals surface area contributed by atoms with Gasteiger partial charge in [-0.25, -0.2) is 0 Å². The number of benzene rings is 1. The second-order valence-electron chi connectivity index (χ2n) is 5.30. The Morgan fingerprint density at radius 3 is 2.46 bits per heavy atom. The summed E-state index contributed by atoms with van der Waals surface area (Å²) in [6.45, 7) is 0.771. The molecule has 2 rings (SSSR count). The number of hydrogen-bond acceptors (Lipinski definition) is 8. The van der Waals surface area contributed by atoms with Crippen LogP contribution in [0.5, 0.6) is 0 Å². The summed E-state index contributed by atoms with van der Waals surface area (Å²) >= 11 is 1.12. The van der Waals surface area contributed by atoms with E-state index in [1.807, 2.05) is 0 Å². The number of rotatable bonds is 5. The van der Waals surface area contributed by atoms with E-state index in [4.69, 9.17) is 4.74 Å². The van der Waals surface area contributed by atoms with Crippen LogP contribution in [-0.2, 0) is 9.53 Å². The van der Waals surface area contributed by atoms with Crippen LogP contribution >= 0.6 is 11.8 Å². The Hall–Kier alpha value is -1.72. The quantitative estimate of drug-likeness (QED) is 0.412. The molecule has 24 heavy (non-hydrogen) atoms. The molecule has 1 aromatic carbocycles. The maximum atomic E-state index is 11.3. The molecular weight excluding hydrogens is 340 g/mol. The van der Waals surface area contributed by atoms with Gasteiger partial charge in [-0.1, -0.05) is 11.8 Å². The van der Waals surface area contributed by atoms with Gasteiger partial charge in [0.05, 0.1) is 17.6 Å². The number of aliphatic hydroxyl groups excluding tert-OH is 3. The fourth-order valence-corrected chi connectivity index (χ4v) is 3.49. The van der Waals surface area contributed by atoms with Crippen molar-refractivity contribution in [3.63, 3.8) is 0 Å². The van der Waals surface area contributed by atoms with E-state index in [2.05, 4.69) is 5.32 Å². The van der Waals surface area contributed by atoms with Crippen LogP contribution in [0.25, 0.3) is 0 Å². The van der Waals surface area contributed by atoms with Gasteiger partial charge in [-0.05, 0) is 12.1 Å².